The molecule has 2 amide bonds. The van der Waals surface area contributed by atoms with Gasteiger partial charge in [0.15, 0.2) is 17.3 Å². The molecule has 0 spiro atoms. The summed E-state index contributed by atoms with van der Waals surface area (Å²) in [6.45, 7) is 25.5. The molecule has 80 heavy (non-hydrogen) atoms. The zero-order chi connectivity index (χ0) is 57.2. The Morgan fingerprint density at radius 1 is 0.950 bits per heavy atom. The summed E-state index contributed by atoms with van der Waals surface area (Å²) in [7, 11) is 1.33. The average molecular weight is 1100 g/mol. The summed E-state index contributed by atoms with van der Waals surface area (Å²) in [6, 6.07) is 10.9. The number of unbranched alkanes of at least 4 members (excludes halogenated alkanes) is 1. The van der Waals surface area contributed by atoms with Crippen LogP contribution in [0.5, 0.6) is 11.8 Å². The summed E-state index contributed by atoms with van der Waals surface area (Å²) in [5.74, 6) is 14.2. The van der Waals surface area contributed by atoms with Gasteiger partial charge in [0, 0.05) is 44.3 Å². The van der Waals surface area contributed by atoms with Gasteiger partial charge in [0.25, 0.3) is 0 Å². The molecular weight excluding hydrogens is 1020 g/mol. The van der Waals surface area contributed by atoms with Gasteiger partial charge in [-0.3, -0.25) is 4.79 Å². The zero-order valence-corrected chi connectivity index (χ0v) is 47.7. The maximum atomic E-state index is 14.0. The number of ether oxygens (including phenoxy) is 5. The minimum absolute atomic E-state index is 0. The van der Waals surface area contributed by atoms with E-state index in [1.165, 1.54) is 7.11 Å². The van der Waals surface area contributed by atoms with Crippen LogP contribution < -0.4 is 25.4 Å². The minimum atomic E-state index is -0.802. The molecule has 2 aromatic carbocycles. The molecule has 2 saturated carbocycles. The summed E-state index contributed by atoms with van der Waals surface area (Å²) in [5, 5.41) is 9.59. The Morgan fingerprint density at radius 2 is 1.64 bits per heavy atom. The largest absolute Gasteiger partial charge is 0.476 e. The van der Waals surface area contributed by atoms with E-state index in [2.05, 4.69) is 73.9 Å². The first kappa shape index (κ1) is 61.9. The molecule has 2 bridgehead atoms. The van der Waals surface area contributed by atoms with Crippen molar-refractivity contribution < 1.29 is 47.7 Å². The van der Waals surface area contributed by atoms with Crippen LogP contribution in [0.1, 0.15) is 150 Å². The van der Waals surface area contributed by atoms with Crippen molar-refractivity contribution in [1.29, 1.82) is 0 Å². The third-order valence-corrected chi connectivity index (χ3v) is 14.9. The number of carbonyl (C=O) groups is 3. The predicted octanol–water partition coefficient (Wildman–Crippen LogP) is 9.07. The third-order valence-electron chi connectivity index (χ3n) is 14.9. The lowest BCUT2D eigenvalue weighted by Gasteiger charge is -2.35. The molecule has 5 heterocycles. The van der Waals surface area contributed by atoms with Gasteiger partial charge in [0.2, 0.25) is 17.7 Å². The van der Waals surface area contributed by atoms with Crippen molar-refractivity contribution in [2.75, 3.05) is 20.2 Å². The summed E-state index contributed by atoms with van der Waals surface area (Å²) in [6.07, 6.45) is 8.08. The van der Waals surface area contributed by atoms with Crippen LogP contribution in [0.15, 0.2) is 48.9 Å². The van der Waals surface area contributed by atoms with Crippen LogP contribution in [-0.4, -0.2) is 118 Å². The molecule has 18 nitrogen and oxygen atoms in total. The maximum Gasteiger partial charge on any atom is 0.407 e. The van der Waals surface area contributed by atoms with E-state index in [1.54, 1.807) is 4.90 Å². The Bertz CT molecular complexity index is 3030. The van der Waals surface area contributed by atoms with E-state index in [9.17, 15) is 14.4 Å². The van der Waals surface area contributed by atoms with E-state index >= 15 is 0 Å². The number of hydrogen-bond acceptors (Lipinski definition) is 16. The summed E-state index contributed by atoms with van der Waals surface area (Å²) in [5.41, 5.74) is 5.86. The Morgan fingerprint density at radius 3 is 2.29 bits per heavy atom. The number of esters is 1. The molecule has 9 rings (SSSR count). The number of carbonyl (C=O) groups excluding carboxylic acids is 5. The Hall–Kier alpha value is -7.27. The highest BCUT2D eigenvalue weighted by molar-refractivity contribution is 5.89. The van der Waals surface area contributed by atoms with Gasteiger partial charge in [-0.1, -0.05) is 72.9 Å². The fourth-order valence-electron chi connectivity index (χ4n) is 9.70. The number of benzene rings is 2. The van der Waals surface area contributed by atoms with Gasteiger partial charge in [-0.2, -0.15) is 9.59 Å². The van der Waals surface area contributed by atoms with Gasteiger partial charge in [-0.05, 0) is 143 Å². The topological polar surface area (TPSA) is 222 Å². The summed E-state index contributed by atoms with van der Waals surface area (Å²) in [4.78, 5) is 75.9. The molecule has 4 aromatic rings. The first-order valence-corrected chi connectivity index (χ1v) is 27.6. The van der Waals surface area contributed by atoms with Crippen LogP contribution in [0.25, 0.3) is 22.1 Å². The number of aryl methyl sites for hydroxylation is 2. The van der Waals surface area contributed by atoms with E-state index in [0.29, 0.717) is 52.4 Å². The normalized spacial score (nSPS) is 24.4. The molecule has 2 saturated heterocycles. The van der Waals surface area contributed by atoms with E-state index in [4.69, 9.17) is 53.2 Å². The van der Waals surface area contributed by atoms with Gasteiger partial charge in [-0.15, -0.1) is 0 Å². The zero-order valence-electron chi connectivity index (χ0n) is 47.7. The molecule has 2 unspecified atom stereocenters. The van der Waals surface area contributed by atoms with Crippen LogP contribution in [0, 0.1) is 60.2 Å². The number of aromatic nitrogens is 4. The van der Waals surface area contributed by atoms with Gasteiger partial charge >= 0.3 is 18.2 Å². The van der Waals surface area contributed by atoms with Crippen molar-refractivity contribution in [1.82, 2.24) is 40.8 Å². The monoisotopic (exact) mass is 1100 g/mol. The first-order valence-electron chi connectivity index (χ1n) is 27.6. The van der Waals surface area contributed by atoms with Crippen molar-refractivity contribution in [2.24, 2.45) is 22.7 Å². The molecule has 0 radical (unpaired) electrons. The second-order valence-electron chi connectivity index (χ2n) is 23.7. The molecule has 18 heteroatoms. The number of amides is 2. The number of fused-ring (bicyclic) bond motifs is 6. The van der Waals surface area contributed by atoms with Gasteiger partial charge < -0.3 is 44.5 Å². The number of nitrogens with zero attached hydrogens (tertiary/aromatic N) is 5. The number of hydrogen-bond donors (Lipinski definition) is 3. The maximum absolute atomic E-state index is 14.0. The lowest BCUT2D eigenvalue weighted by molar-refractivity contribution is -0.191. The second kappa shape index (κ2) is 27.3. The smallest absolute Gasteiger partial charge is 0.407 e. The van der Waals surface area contributed by atoms with E-state index in [0.717, 1.165) is 92.0 Å². The average Bonchev–Trinajstić information content (AvgIpc) is 4.21. The number of rotatable bonds is 8. The molecule has 2 aromatic heterocycles. The van der Waals surface area contributed by atoms with Crippen molar-refractivity contribution >= 4 is 46.2 Å². The Kier molecular flexibility index (Phi) is 21.1. The Labute approximate surface area is 472 Å². The predicted molar refractivity (Wildman–Crippen MR) is 304 cm³/mol. The fraction of sp³-hybridized carbons (Fsp3) is 0.581. The van der Waals surface area contributed by atoms with Crippen molar-refractivity contribution in [3.8, 4) is 35.4 Å². The quantitative estimate of drug-likeness (QED) is 0.0850. The highest BCUT2D eigenvalue weighted by Crippen LogP contribution is 2.40. The number of methoxy groups -OCH3 is 1. The second-order valence-corrected chi connectivity index (χ2v) is 23.7. The minimum Gasteiger partial charge on any atom is -0.476 e. The standard InChI is InChI=1S/C31H38N4O5.C29H40N4O3.CO2.CH4/c1-18-12-13-22-24(14-18)34-28-23(33-22)11-9-7-8-10-20-15-26(20)39-19(2)32-27(31(3,4)5)29(36)35-17-21(40-28)16-25(35)30(37)38-6;1-18-12-13-23-25(14-18)33-27(35-22-15-19(2)30-17-22)24(32-23)11-9-7-8-10-21-16-26(21)36-28(34)31-20(3)29(4,5)6;2-1-3;/h12-14,20-21,25-27,32H,2,7-8,10,15-17H2,1,3-6H3;12-14,19-22,26,30H,7-8,10,15-17H2,1-6H3,(H,31,34);;1H4/t20-,21?,25+,26-,27-;19-,20-,21-,22?,26-;;/m11../s1. The number of nitrogens with one attached hydrogen (secondary N) is 3. The van der Waals surface area contributed by atoms with E-state index < -0.39 is 29.6 Å². The molecule has 430 valence electrons. The number of alkyl carbamates (subject to hydrolysis) is 1. The summed E-state index contributed by atoms with van der Waals surface area (Å²) >= 11 is 0. The molecule has 10 atom stereocenters. The molecule has 4 fully saturated rings. The lowest BCUT2D eigenvalue weighted by atomic mass is 9.85. The first-order chi connectivity index (χ1) is 37.5. The third kappa shape index (κ3) is 17.1. The van der Waals surface area contributed by atoms with E-state index in [-0.39, 0.29) is 68.3 Å². The van der Waals surface area contributed by atoms with Crippen molar-refractivity contribution in [2.45, 2.75) is 189 Å². The van der Waals surface area contributed by atoms with Crippen LogP contribution in [0.4, 0.5) is 4.79 Å². The highest BCUT2D eigenvalue weighted by atomic mass is 16.6. The summed E-state index contributed by atoms with van der Waals surface area (Å²) < 4.78 is 29.3. The van der Waals surface area contributed by atoms with Crippen LogP contribution >= 0.6 is 0 Å². The molecule has 5 aliphatic rings. The van der Waals surface area contributed by atoms with Crippen LogP contribution in [0.2, 0.25) is 0 Å². The van der Waals surface area contributed by atoms with Gasteiger partial charge in [0.1, 0.15) is 36.5 Å². The van der Waals surface area contributed by atoms with Crippen LogP contribution in [0.3, 0.4) is 0 Å². The lowest BCUT2D eigenvalue weighted by Crippen LogP contribution is -2.55. The molecule has 2 aliphatic carbocycles. The van der Waals surface area contributed by atoms with Gasteiger partial charge in [-0.25, -0.2) is 29.5 Å². The van der Waals surface area contributed by atoms with Crippen LogP contribution in [-0.2, 0) is 33.4 Å². The van der Waals surface area contributed by atoms with Gasteiger partial charge in [0.05, 0.1) is 35.7 Å². The highest BCUT2D eigenvalue weighted by Gasteiger charge is 2.47. The fourth-order valence-corrected chi connectivity index (χ4v) is 9.70. The van der Waals surface area contributed by atoms with Crippen molar-refractivity contribution in [3.63, 3.8) is 0 Å². The molecule has 3 N–H and O–H groups in total. The van der Waals surface area contributed by atoms with Crippen molar-refractivity contribution in [3.05, 3.63) is 71.4 Å². The van der Waals surface area contributed by atoms with E-state index in [1.807, 2.05) is 77.9 Å². The SMILES string of the molecule is C.C=C1N[C@@H](C(C)(C)C)C(=O)N2CC(C[C@H]2C(=O)OC)Oc2nc3cc(C)ccc3nc2C#CCCC[C@@H]2C[C@H]2O1.Cc1ccc2nc(C#CCCC[C@@H]3C[C@H]3OC(=O)N[C@H](C)C(C)(C)C)c(OC3CN[C@H](C)C3)nc2c1.O=C=O. The molecular formula is C62H82N8O10. The molecule has 3 aliphatic heterocycles. The Balaban J connectivity index is 0.000000244.